The molecule has 1 aromatic carbocycles. The van der Waals surface area contributed by atoms with E-state index in [0.29, 0.717) is 36.8 Å². The average Bonchev–Trinajstić information content (AvgIpc) is 2.58. The third kappa shape index (κ3) is 6.54. The van der Waals surface area contributed by atoms with Gasteiger partial charge in [0.15, 0.2) is 11.6 Å². The lowest BCUT2D eigenvalue weighted by atomic mass is 9.87. The Morgan fingerprint density at radius 2 is 1.33 bits per heavy atom. The van der Waals surface area contributed by atoms with Gasteiger partial charge in [-0.25, -0.2) is 0 Å². The highest BCUT2D eigenvalue weighted by Crippen LogP contribution is 2.23. The van der Waals surface area contributed by atoms with Crippen molar-refractivity contribution in [1.82, 2.24) is 0 Å². The highest BCUT2D eigenvalue weighted by Gasteiger charge is 2.20. The SMILES string of the molecule is COC(C)(C)CCC(=O)c1ccc(C(=O)CCC(C)(C)CO)cc1. The van der Waals surface area contributed by atoms with Crippen LogP contribution in [-0.4, -0.2) is 36.0 Å². The van der Waals surface area contributed by atoms with E-state index >= 15 is 0 Å². The van der Waals surface area contributed by atoms with Crippen molar-refractivity contribution in [3.8, 4) is 0 Å². The van der Waals surface area contributed by atoms with Crippen molar-refractivity contribution in [2.24, 2.45) is 5.41 Å². The first-order valence-electron chi connectivity index (χ1n) is 8.43. The average molecular weight is 334 g/mol. The molecule has 0 fully saturated rings. The van der Waals surface area contributed by atoms with Crippen LogP contribution in [0.3, 0.4) is 0 Å². The number of ketones is 2. The fourth-order valence-corrected chi connectivity index (χ4v) is 2.18. The number of aliphatic hydroxyl groups is 1. The van der Waals surface area contributed by atoms with E-state index in [9.17, 15) is 14.7 Å². The Hall–Kier alpha value is -1.52. The number of hydrogen-bond acceptors (Lipinski definition) is 4. The first-order chi connectivity index (χ1) is 11.1. The summed E-state index contributed by atoms with van der Waals surface area (Å²) >= 11 is 0. The maximum atomic E-state index is 12.2. The Morgan fingerprint density at radius 1 is 0.917 bits per heavy atom. The maximum Gasteiger partial charge on any atom is 0.162 e. The largest absolute Gasteiger partial charge is 0.396 e. The zero-order chi connectivity index (χ0) is 18.4. The molecular weight excluding hydrogens is 304 g/mol. The second-order valence-electron chi connectivity index (χ2n) is 7.71. The van der Waals surface area contributed by atoms with Crippen molar-refractivity contribution in [1.29, 1.82) is 0 Å². The summed E-state index contributed by atoms with van der Waals surface area (Å²) in [5.41, 5.74) is 0.664. The van der Waals surface area contributed by atoms with Crippen LogP contribution in [-0.2, 0) is 4.74 Å². The van der Waals surface area contributed by atoms with E-state index in [0.717, 1.165) is 0 Å². The molecule has 0 radical (unpaired) electrons. The Bertz CT molecular complexity index is 505. The van der Waals surface area contributed by atoms with Crippen LogP contribution in [0.1, 0.15) is 74.1 Å². The van der Waals surface area contributed by atoms with Crippen LogP contribution < -0.4 is 0 Å². The van der Waals surface area contributed by atoms with Gasteiger partial charge >= 0.3 is 0 Å². The van der Waals surface area contributed by atoms with Crippen LogP contribution in [0.15, 0.2) is 24.3 Å². The van der Waals surface area contributed by atoms with Gasteiger partial charge in [0, 0.05) is 37.7 Å². The second kappa shape index (κ2) is 8.54. The van der Waals surface area contributed by atoms with Gasteiger partial charge in [0.05, 0.1) is 5.60 Å². The molecule has 0 aliphatic carbocycles. The molecule has 24 heavy (non-hydrogen) atoms. The molecule has 0 atom stereocenters. The highest BCUT2D eigenvalue weighted by atomic mass is 16.5. The molecule has 0 amide bonds. The van der Waals surface area contributed by atoms with Gasteiger partial charge in [0.25, 0.3) is 0 Å². The summed E-state index contributed by atoms with van der Waals surface area (Å²) in [6, 6.07) is 6.85. The molecule has 0 unspecified atom stereocenters. The molecule has 0 saturated heterocycles. The lowest BCUT2D eigenvalue weighted by Crippen LogP contribution is -2.23. The van der Waals surface area contributed by atoms with Crippen molar-refractivity contribution < 1.29 is 19.4 Å². The lowest BCUT2D eigenvalue weighted by Gasteiger charge is -2.22. The third-order valence-electron chi connectivity index (χ3n) is 4.49. The van der Waals surface area contributed by atoms with E-state index in [1.165, 1.54) is 0 Å². The van der Waals surface area contributed by atoms with Crippen LogP contribution in [0, 0.1) is 5.41 Å². The molecule has 1 N–H and O–H groups in total. The standard InChI is InChI=1S/C20H30O4/c1-19(2,14-21)12-10-17(22)15-6-8-16(9-7-15)18(23)11-13-20(3,4)24-5/h6-9,21H,10-14H2,1-5H3. The summed E-state index contributed by atoms with van der Waals surface area (Å²) in [6.07, 6.45) is 2.09. The lowest BCUT2D eigenvalue weighted by molar-refractivity contribution is 0.0141. The van der Waals surface area contributed by atoms with Gasteiger partial charge in [-0.05, 0) is 32.1 Å². The molecule has 134 valence electrons. The molecule has 1 aromatic rings. The van der Waals surface area contributed by atoms with E-state index in [4.69, 9.17) is 4.74 Å². The number of carbonyl (C=O) groups is 2. The van der Waals surface area contributed by atoms with Crippen LogP contribution in [0.5, 0.6) is 0 Å². The predicted molar refractivity (Wildman–Crippen MR) is 95.5 cm³/mol. The van der Waals surface area contributed by atoms with Crippen molar-refractivity contribution in [2.75, 3.05) is 13.7 Å². The topological polar surface area (TPSA) is 63.6 Å². The van der Waals surface area contributed by atoms with Gasteiger partial charge in [-0.2, -0.15) is 0 Å². The number of ether oxygens (including phenoxy) is 1. The van der Waals surface area contributed by atoms with E-state index in [-0.39, 0.29) is 29.2 Å². The number of hydrogen-bond donors (Lipinski definition) is 1. The summed E-state index contributed by atoms with van der Waals surface area (Å²) in [6.45, 7) is 7.84. The normalized spacial score (nSPS) is 12.2. The van der Waals surface area contributed by atoms with Gasteiger partial charge in [0.1, 0.15) is 0 Å². The monoisotopic (exact) mass is 334 g/mol. The van der Waals surface area contributed by atoms with Crippen LogP contribution in [0.2, 0.25) is 0 Å². The summed E-state index contributed by atoms with van der Waals surface area (Å²) in [7, 11) is 1.64. The molecule has 0 aliphatic heterocycles. The minimum absolute atomic E-state index is 0.0380. The number of benzene rings is 1. The molecule has 0 saturated carbocycles. The summed E-state index contributed by atoms with van der Waals surface area (Å²) in [5, 5.41) is 9.24. The zero-order valence-electron chi connectivity index (χ0n) is 15.5. The number of Topliss-reactive ketones (excluding diaryl/α,β-unsaturated/α-hetero) is 2. The summed E-state index contributed by atoms with van der Waals surface area (Å²) in [5.74, 6) is 0.0941. The highest BCUT2D eigenvalue weighted by molar-refractivity contribution is 5.99. The quantitative estimate of drug-likeness (QED) is 0.656. The molecule has 0 aromatic heterocycles. The maximum absolute atomic E-state index is 12.2. The number of methoxy groups -OCH3 is 1. The first-order valence-corrected chi connectivity index (χ1v) is 8.43. The Balaban J connectivity index is 2.62. The number of aliphatic hydroxyl groups excluding tert-OH is 1. The van der Waals surface area contributed by atoms with Crippen LogP contribution in [0.25, 0.3) is 0 Å². The third-order valence-corrected chi connectivity index (χ3v) is 4.49. The minimum atomic E-state index is -0.314. The molecule has 4 heteroatoms. The van der Waals surface area contributed by atoms with Crippen molar-refractivity contribution in [3.63, 3.8) is 0 Å². The van der Waals surface area contributed by atoms with Gasteiger partial charge in [0.2, 0.25) is 0 Å². The molecule has 1 rings (SSSR count). The van der Waals surface area contributed by atoms with Gasteiger partial charge in [-0.1, -0.05) is 38.1 Å². The van der Waals surface area contributed by atoms with E-state index in [1.807, 2.05) is 27.7 Å². The number of carbonyl (C=O) groups excluding carboxylic acids is 2. The van der Waals surface area contributed by atoms with E-state index in [2.05, 4.69) is 0 Å². The minimum Gasteiger partial charge on any atom is -0.396 e. The van der Waals surface area contributed by atoms with Gasteiger partial charge in [-0.3, -0.25) is 9.59 Å². The van der Waals surface area contributed by atoms with Crippen molar-refractivity contribution >= 4 is 11.6 Å². The van der Waals surface area contributed by atoms with E-state index in [1.54, 1.807) is 31.4 Å². The van der Waals surface area contributed by atoms with Gasteiger partial charge in [-0.15, -0.1) is 0 Å². The molecule has 0 aliphatic rings. The van der Waals surface area contributed by atoms with Crippen LogP contribution in [0.4, 0.5) is 0 Å². The molecule has 0 spiro atoms. The van der Waals surface area contributed by atoms with Crippen LogP contribution >= 0.6 is 0 Å². The van der Waals surface area contributed by atoms with E-state index < -0.39 is 0 Å². The van der Waals surface area contributed by atoms with Crippen molar-refractivity contribution in [2.45, 2.75) is 59.0 Å². The zero-order valence-corrected chi connectivity index (χ0v) is 15.5. The number of rotatable bonds is 10. The van der Waals surface area contributed by atoms with Gasteiger partial charge < -0.3 is 9.84 Å². The predicted octanol–water partition coefficient (Wildman–Crippen LogP) is 4.06. The molecule has 0 heterocycles. The molecular formula is C20H30O4. The second-order valence-corrected chi connectivity index (χ2v) is 7.71. The molecule has 4 nitrogen and oxygen atoms in total. The Morgan fingerprint density at radius 3 is 1.71 bits per heavy atom. The summed E-state index contributed by atoms with van der Waals surface area (Å²) in [4.78, 5) is 24.4. The van der Waals surface area contributed by atoms with Crippen molar-refractivity contribution in [3.05, 3.63) is 35.4 Å². The smallest absolute Gasteiger partial charge is 0.162 e. The summed E-state index contributed by atoms with van der Waals surface area (Å²) < 4.78 is 5.32. The first kappa shape index (κ1) is 20.5. The fourth-order valence-electron chi connectivity index (χ4n) is 2.18. The Kier molecular flexibility index (Phi) is 7.30. The Labute approximate surface area is 145 Å². The fraction of sp³-hybridized carbons (Fsp3) is 0.600. The molecule has 0 bridgehead atoms.